The molecule has 0 N–H and O–H groups in total. The number of hydrogen-bond donors (Lipinski definition) is 0. The Hall–Kier alpha value is 0.712. The minimum atomic E-state index is 0. The Balaban J connectivity index is 0. The number of halogens is 2. The van der Waals surface area contributed by atoms with Gasteiger partial charge in [-0.1, -0.05) is 0 Å². The maximum atomic E-state index is 2.69. The Morgan fingerprint density at radius 3 is 1.90 bits per heavy atom. The van der Waals surface area contributed by atoms with E-state index >= 15 is 0 Å². The second kappa shape index (κ2) is 6.42. The third-order valence-corrected chi connectivity index (χ3v) is 1.84. The summed E-state index contributed by atoms with van der Waals surface area (Å²) in [5.41, 5.74) is 1.33. The Morgan fingerprint density at radius 2 is 1.60 bits per heavy atom. The van der Waals surface area contributed by atoms with Gasteiger partial charge in [0, 0.05) is 0 Å². The van der Waals surface area contributed by atoms with E-state index in [2.05, 4.69) is 35.3 Å². The zero-order valence-corrected chi connectivity index (χ0v) is 9.97. The molecule has 0 fully saturated rings. The van der Waals surface area contributed by atoms with Crippen LogP contribution in [-0.2, 0) is 0 Å². The van der Waals surface area contributed by atoms with E-state index in [1.165, 1.54) is 9.99 Å². The number of aryl methyl sites for hydroxylation is 1. The van der Waals surface area contributed by atoms with Crippen LogP contribution >= 0.6 is 0 Å². The van der Waals surface area contributed by atoms with Gasteiger partial charge in [0.05, 0.1) is 0 Å². The fourth-order valence-corrected chi connectivity index (χ4v) is 0.794. The van der Waals surface area contributed by atoms with Crippen molar-refractivity contribution < 1.29 is 34.0 Å². The molecule has 1 aromatic carbocycles. The van der Waals surface area contributed by atoms with Gasteiger partial charge in [0.15, 0.2) is 0 Å². The minimum absolute atomic E-state index is 0. The molecule has 0 heterocycles. The van der Waals surface area contributed by atoms with Gasteiger partial charge in [-0.2, -0.15) is 0 Å². The third kappa shape index (κ3) is 3.78. The van der Waals surface area contributed by atoms with E-state index in [4.69, 9.17) is 0 Å². The maximum absolute atomic E-state index is 2.69. The first kappa shape index (κ1) is 13.3. The van der Waals surface area contributed by atoms with Crippen molar-refractivity contribution in [3.63, 3.8) is 0 Å². The van der Waals surface area contributed by atoms with E-state index in [-0.39, 0.29) is 34.0 Å². The molecule has 0 unspecified atom stereocenters. The first-order valence-electron chi connectivity index (χ1n) is 2.62. The summed E-state index contributed by atoms with van der Waals surface area (Å²) < 4.78 is 1.28. The van der Waals surface area contributed by atoms with Gasteiger partial charge in [0.1, 0.15) is 0 Å². The predicted molar refractivity (Wildman–Crippen MR) is 36.6 cm³/mol. The van der Waals surface area contributed by atoms with Crippen molar-refractivity contribution in [3.05, 3.63) is 29.8 Å². The van der Waals surface area contributed by atoms with Crippen LogP contribution in [0.5, 0.6) is 0 Å². The van der Waals surface area contributed by atoms with Crippen LogP contribution in [0.25, 0.3) is 0 Å². The summed E-state index contributed by atoms with van der Waals surface area (Å²) in [5.74, 6) is 0. The van der Waals surface area contributed by atoms with E-state index in [1.54, 1.807) is 0 Å². The largest absolute Gasteiger partial charge is 1.00 e. The molecule has 52 valence electrons. The van der Waals surface area contributed by atoms with Gasteiger partial charge in [-0.3, -0.25) is 0 Å². The summed E-state index contributed by atoms with van der Waals surface area (Å²) in [4.78, 5) is 0. The molecule has 0 aromatic heterocycles. The van der Waals surface area contributed by atoms with E-state index < -0.39 is 0 Å². The van der Waals surface area contributed by atoms with Crippen LogP contribution in [0.3, 0.4) is 0 Å². The fraction of sp³-hybridized carbons (Fsp3) is 0.143. The van der Waals surface area contributed by atoms with E-state index in [0.29, 0.717) is 0 Å². The Kier molecular flexibility index (Phi) is 8.55. The zero-order valence-electron chi connectivity index (χ0n) is 5.64. The summed E-state index contributed by atoms with van der Waals surface area (Å²) in [5, 5.41) is 0. The molecule has 0 saturated heterocycles. The summed E-state index contributed by atoms with van der Waals surface area (Å²) in [7, 11) is 0. The van der Waals surface area contributed by atoms with Crippen LogP contribution < -0.4 is 38.4 Å². The van der Waals surface area contributed by atoms with Gasteiger partial charge in [0.25, 0.3) is 0 Å². The molecule has 0 nitrogen and oxygen atoms in total. The van der Waals surface area contributed by atoms with Crippen molar-refractivity contribution in [2.45, 2.75) is 6.92 Å². The normalized spacial score (nSPS) is 7.50. The third-order valence-electron chi connectivity index (χ3n) is 1.19. The van der Waals surface area contributed by atoms with Crippen molar-refractivity contribution in [2.24, 2.45) is 0 Å². The molecule has 0 radical (unpaired) electrons. The smallest absolute Gasteiger partial charge is 1.00 e. The number of hydrogen-bond acceptors (Lipinski definition) is 0. The van der Waals surface area contributed by atoms with Gasteiger partial charge in [-0.15, -0.1) is 0 Å². The van der Waals surface area contributed by atoms with Crippen molar-refractivity contribution in [2.75, 3.05) is 0 Å². The van der Waals surface area contributed by atoms with Gasteiger partial charge in [0.2, 0.25) is 0 Å². The van der Waals surface area contributed by atoms with Crippen LogP contribution in [0, 0.1) is 6.92 Å². The van der Waals surface area contributed by atoms with Crippen LogP contribution in [0.4, 0.5) is 0 Å². The van der Waals surface area contributed by atoms with E-state index in [1.807, 2.05) is 12.1 Å². The van der Waals surface area contributed by atoms with E-state index in [0.717, 1.165) is 0 Å². The second-order valence-corrected chi connectivity index (χ2v) is 2.48. The Labute approximate surface area is 91.0 Å². The molecule has 0 amide bonds. The molecule has 0 atom stereocenters. The first-order valence-corrected chi connectivity index (χ1v) is 3.19. The molecule has 3 heteroatoms. The molecule has 0 aliphatic carbocycles. The number of benzene rings is 1. The molecule has 0 aliphatic rings. The monoisotopic (exact) mass is 276 g/mol. The molecule has 0 aliphatic heterocycles. The predicted octanol–water partition coefficient (Wildman–Crippen LogP) is -5.20. The average molecular weight is 278 g/mol. The standard InChI is InChI=1S/C7H7.Al.2BrH/c1-7-5-3-2-4-6-7;;;/h2-5H,1H3;;2*1H/q;+2;;/p-2. The molecule has 0 bridgehead atoms. The Bertz CT molecular complexity index is 168. The Morgan fingerprint density at radius 1 is 1.10 bits per heavy atom. The topological polar surface area (TPSA) is 0 Å². The fourth-order valence-electron chi connectivity index (χ4n) is 0.587. The molecule has 1 rings (SSSR count). The summed E-state index contributed by atoms with van der Waals surface area (Å²) in [6.45, 7) is 2.10. The van der Waals surface area contributed by atoms with Crippen LogP contribution in [-0.4, -0.2) is 16.3 Å². The quantitative estimate of drug-likeness (QED) is 0.416. The molecule has 0 saturated carbocycles. The summed E-state index contributed by atoms with van der Waals surface area (Å²) in [6, 6.07) is 8.26. The van der Waals surface area contributed by atoms with Crippen molar-refractivity contribution in [3.8, 4) is 0 Å². The molecule has 0 spiro atoms. The van der Waals surface area contributed by atoms with Crippen molar-refractivity contribution in [1.29, 1.82) is 0 Å². The van der Waals surface area contributed by atoms with Gasteiger partial charge in [-0.25, -0.2) is 0 Å². The van der Waals surface area contributed by atoms with Crippen molar-refractivity contribution >= 4 is 20.7 Å². The first-order chi connectivity index (χ1) is 3.80. The van der Waals surface area contributed by atoms with Gasteiger partial charge < -0.3 is 34.0 Å². The second-order valence-electron chi connectivity index (χ2n) is 1.86. The SMILES string of the molecule is Cc1cccc[c]1[Al+2].[Br-].[Br-]. The van der Waals surface area contributed by atoms with E-state index in [9.17, 15) is 0 Å². The van der Waals surface area contributed by atoms with Crippen LogP contribution in [0.15, 0.2) is 24.3 Å². The molecule has 1 aromatic rings. The van der Waals surface area contributed by atoms with Crippen molar-refractivity contribution in [1.82, 2.24) is 0 Å². The number of rotatable bonds is 0. The molecular weight excluding hydrogens is 271 g/mol. The molecule has 10 heavy (non-hydrogen) atoms. The summed E-state index contributed by atoms with van der Waals surface area (Å²) >= 11 is 2.69. The molecular formula is C7H7AlBr2. The maximum Gasteiger partial charge on any atom is -1.00 e. The summed E-state index contributed by atoms with van der Waals surface area (Å²) in [6.07, 6.45) is 0. The van der Waals surface area contributed by atoms with Gasteiger partial charge >= 0.3 is 57.5 Å². The van der Waals surface area contributed by atoms with Gasteiger partial charge in [-0.05, 0) is 0 Å². The average Bonchev–Trinajstić information content (AvgIpc) is 1.77. The zero-order chi connectivity index (χ0) is 5.98. The minimum Gasteiger partial charge on any atom is -1.00 e. The van der Waals surface area contributed by atoms with Crippen LogP contribution in [0.1, 0.15) is 5.56 Å². The van der Waals surface area contributed by atoms with Crippen LogP contribution in [0.2, 0.25) is 0 Å².